The SMILES string of the molecule is Fc1cnc(N=NCc2cc(N3CCC(C4NCCCN4)CC3)ccn2)nc1N1CCOCC1. The Morgan fingerprint density at radius 3 is 2.65 bits per heavy atom. The lowest BCUT2D eigenvalue weighted by Gasteiger charge is -2.39. The number of nitrogens with zero attached hydrogens (tertiary/aromatic N) is 7. The van der Waals surface area contributed by atoms with Gasteiger partial charge in [-0.25, -0.2) is 9.37 Å². The first kappa shape index (κ1) is 23.0. The summed E-state index contributed by atoms with van der Waals surface area (Å²) in [6.45, 7) is 6.87. The van der Waals surface area contributed by atoms with Crippen LogP contribution in [0.5, 0.6) is 0 Å². The van der Waals surface area contributed by atoms with E-state index >= 15 is 0 Å². The van der Waals surface area contributed by atoms with Crippen LogP contribution >= 0.6 is 0 Å². The van der Waals surface area contributed by atoms with Crippen molar-refractivity contribution in [2.24, 2.45) is 16.1 Å². The highest BCUT2D eigenvalue weighted by atomic mass is 19.1. The molecule has 0 saturated carbocycles. The van der Waals surface area contributed by atoms with E-state index in [1.165, 1.54) is 6.42 Å². The molecule has 0 atom stereocenters. The van der Waals surface area contributed by atoms with E-state index in [2.05, 4.69) is 52.8 Å². The molecule has 0 aromatic carbocycles. The van der Waals surface area contributed by atoms with Crippen molar-refractivity contribution in [2.75, 3.05) is 62.3 Å². The standard InChI is InChI=1S/C23H32FN9O/c24-20-16-28-23(30-22(20)33-10-12-34-13-11-33)31-29-15-18-14-19(2-7-25-18)32-8-3-17(4-9-32)21-26-5-1-6-27-21/h2,7,14,16-17,21,26-27H,1,3-6,8-13,15H2. The fourth-order valence-corrected chi connectivity index (χ4v) is 4.81. The summed E-state index contributed by atoms with van der Waals surface area (Å²) in [4.78, 5) is 16.9. The van der Waals surface area contributed by atoms with Crippen LogP contribution in [-0.4, -0.2) is 73.6 Å². The summed E-state index contributed by atoms with van der Waals surface area (Å²) >= 11 is 0. The van der Waals surface area contributed by atoms with Crippen molar-refractivity contribution in [3.05, 3.63) is 36.0 Å². The van der Waals surface area contributed by atoms with Crippen molar-refractivity contribution >= 4 is 17.5 Å². The number of azo groups is 1. The minimum Gasteiger partial charge on any atom is -0.378 e. The highest BCUT2D eigenvalue weighted by Crippen LogP contribution is 2.26. The molecule has 5 heterocycles. The predicted molar refractivity (Wildman–Crippen MR) is 127 cm³/mol. The first-order valence-electron chi connectivity index (χ1n) is 12.2. The number of morpholine rings is 1. The highest BCUT2D eigenvalue weighted by molar-refractivity contribution is 5.47. The zero-order valence-corrected chi connectivity index (χ0v) is 19.4. The average molecular weight is 470 g/mol. The van der Waals surface area contributed by atoms with E-state index in [0.717, 1.165) is 56.6 Å². The molecule has 10 nitrogen and oxygen atoms in total. The first-order chi connectivity index (χ1) is 16.8. The minimum atomic E-state index is -0.464. The summed E-state index contributed by atoms with van der Waals surface area (Å²) in [7, 11) is 0. The number of anilines is 2. The molecule has 0 bridgehead atoms. The van der Waals surface area contributed by atoms with Gasteiger partial charge >= 0.3 is 0 Å². The van der Waals surface area contributed by atoms with Crippen LogP contribution < -0.4 is 20.4 Å². The van der Waals surface area contributed by atoms with Gasteiger partial charge in [0.25, 0.3) is 5.95 Å². The van der Waals surface area contributed by atoms with E-state index in [1.54, 1.807) is 0 Å². The second-order valence-electron chi connectivity index (χ2n) is 8.91. The van der Waals surface area contributed by atoms with Crippen LogP contribution in [-0.2, 0) is 11.3 Å². The first-order valence-corrected chi connectivity index (χ1v) is 12.2. The van der Waals surface area contributed by atoms with Gasteiger partial charge in [0.15, 0.2) is 11.6 Å². The number of piperidine rings is 1. The van der Waals surface area contributed by atoms with Crippen molar-refractivity contribution in [2.45, 2.75) is 32.0 Å². The minimum absolute atomic E-state index is 0.144. The molecule has 0 aliphatic carbocycles. The van der Waals surface area contributed by atoms with Gasteiger partial charge in [0, 0.05) is 38.1 Å². The number of hydrogen-bond acceptors (Lipinski definition) is 10. The summed E-state index contributed by atoms with van der Waals surface area (Å²) in [5.41, 5.74) is 1.99. The Labute approximate surface area is 199 Å². The van der Waals surface area contributed by atoms with Gasteiger partial charge in [0.2, 0.25) is 0 Å². The number of rotatable bonds is 6. The normalized spacial score (nSPS) is 20.9. The smallest absolute Gasteiger partial charge is 0.270 e. The van der Waals surface area contributed by atoms with E-state index in [9.17, 15) is 4.39 Å². The van der Waals surface area contributed by atoms with E-state index in [-0.39, 0.29) is 11.8 Å². The Morgan fingerprint density at radius 2 is 1.85 bits per heavy atom. The van der Waals surface area contributed by atoms with Crippen molar-refractivity contribution in [3.8, 4) is 0 Å². The van der Waals surface area contributed by atoms with Gasteiger partial charge in [-0.15, -0.1) is 5.11 Å². The molecule has 3 fully saturated rings. The largest absolute Gasteiger partial charge is 0.378 e. The Balaban J connectivity index is 1.17. The summed E-state index contributed by atoms with van der Waals surface area (Å²) < 4.78 is 19.5. The van der Waals surface area contributed by atoms with Gasteiger partial charge in [0.1, 0.15) is 6.54 Å². The number of ether oxygens (including phenoxy) is 1. The van der Waals surface area contributed by atoms with Crippen LogP contribution in [0.15, 0.2) is 34.8 Å². The summed E-state index contributed by atoms with van der Waals surface area (Å²) in [5.74, 6) is 0.596. The molecule has 182 valence electrons. The predicted octanol–water partition coefficient (Wildman–Crippen LogP) is 2.26. The molecule has 0 spiro atoms. The van der Waals surface area contributed by atoms with E-state index < -0.39 is 5.82 Å². The van der Waals surface area contributed by atoms with Gasteiger partial charge in [0.05, 0.1) is 31.3 Å². The highest BCUT2D eigenvalue weighted by Gasteiger charge is 2.27. The maximum atomic E-state index is 14.2. The quantitative estimate of drug-likeness (QED) is 0.621. The van der Waals surface area contributed by atoms with E-state index in [4.69, 9.17) is 4.74 Å². The number of nitrogens with one attached hydrogen (secondary N) is 2. The third-order valence-corrected chi connectivity index (χ3v) is 6.67. The molecule has 2 aromatic rings. The van der Waals surface area contributed by atoms with E-state index in [1.807, 2.05) is 11.1 Å². The van der Waals surface area contributed by atoms with Crippen LogP contribution in [0.4, 0.5) is 21.8 Å². The summed E-state index contributed by atoms with van der Waals surface area (Å²) in [6, 6.07) is 4.12. The second kappa shape index (κ2) is 11.1. The lowest BCUT2D eigenvalue weighted by atomic mass is 9.92. The monoisotopic (exact) mass is 469 g/mol. The fourth-order valence-electron chi connectivity index (χ4n) is 4.81. The van der Waals surface area contributed by atoms with E-state index in [0.29, 0.717) is 44.9 Å². The Bertz CT molecular complexity index is 971. The third-order valence-electron chi connectivity index (χ3n) is 6.67. The Morgan fingerprint density at radius 1 is 1.06 bits per heavy atom. The molecule has 2 N–H and O–H groups in total. The molecule has 0 amide bonds. The lowest BCUT2D eigenvalue weighted by molar-refractivity contribution is 0.122. The third kappa shape index (κ3) is 5.65. The summed E-state index contributed by atoms with van der Waals surface area (Å²) in [6.07, 6.45) is 6.94. The Hall–Kier alpha value is -2.76. The molecule has 0 radical (unpaired) electrons. The molecule has 5 rings (SSSR count). The average Bonchev–Trinajstić information content (AvgIpc) is 2.91. The fraction of sp³-hybridized carbons (Fsp3) is 0.609. The van der Waals surface area contributed by atoms with Gasteiger partial charge in [-0.2, -0.15) is 10.1 Å². The van der Waals surface area contributed by atoms with Crippen molar-refractivity contribution in [3.63, 3.8) is 0 Å². The van der Waals surface area contributed by atoms with Gasteiger partial charge in [-0.05, 0) is 50.4 Å². The van der Waals surface area contributed by atoms with Gasteiger partial charge < -0.3 is 25.2 Å². The molecule has 34 heavy (non-hydrogen) atoms. The van der Waals surface area contributed by atoms with Crippen LogP contribution in [0.25, 0.3) is 0 Å². The van der Waals surface area contributed by atoms with Crippen LogP contribution in [0.1, 0.15) is 25.0 Å². The van der Waals surface area contributed by atoms with Crippen LogP contribution in [0.3, 0.4) is 0 Å². The maximum Gasteiger partial charge on any atom is 0.270 e. The van der Waals surface area contributed by atoms with Crippen molar-refractivity contribution in [1.29, 1.82) is 0 Å². The van der Waals surface area contributed by atoms with Crippen molar-refractivity contribution < 1.29 is 9.13 Å². The maximum absolute atomic E-state index is 14.2. The topological polar surface area (TPSA) is 103 Å². The van der Waals surface area contributed by atoms with Crippen molar-refractivity contribution in [1.82, 2.24) is 25.6 Å². The molecule has 2 aromatic heterocycles. The van der Waals surface area contributed by atoms with Gasteiger partial charge in [-0.1, -0.05) is 0 Å². The van der Waals surface area contributed by atoms with Crippen LogP contribution in [0.2, 0.25) is 0 Å². The number of aromatic nitrogens is 3. The second-order valence-corrected chi connectivity index (χ2v) is 8.91. The zero-order valence-electron chi connectivity index (χ0n) is 19.4. The number of hydrogen-bond donors (Lipinski definition) is 2. The molecule has 0 unspecified atom stereocenters. The number of pyridine rings is 1. The summed E-state index contributed by atoms with van der Waals surface area (Å²) in [5, 5.41) is 15.6. The van der Waals surface area contributed by atoms with Crippen LogP contribution in [0, 0.1) is 11.7 Å². The molecular weight excluding hydrogens is 437 g/mol. The van der Waals surface area contributed by atoms with Gasteiger partial charge in [-0.3, -0.25) is 4.98 Å². The molecule has 3 aliphatic heterocycles. The molecule has 3 saturated heterocycles. The lowest BCUT2D eigenvalue weighted by Crippen LogP contribution is -2.54. The Kier molecular flexibility index (Phi) is 7.52. The molecule has 3 aliphatic rings. The molecular formula is C23H32FN9O. The zero-order chi connectivity index (χ0) is 23.2. The molecule has 11 heteroatoms. The number of halogens is 1.